The third kappa shape index (κ3) is 3.13. The first-order valence-electron chi connectivity index (χ1n) is 8.37. The molecule has 146 valence electrons. The number of halogens is 1. The second kappa shape index (κ2) is 6.74. The molecular weight excluding hydrogens is 399 g/mol. The summed E-state index contributed by atoms with van der Waals surface area (Å²) >= 11 is 0. The number of aromatic nitrogens is 3. The van der Waals surface area contributed by atoms with Crippen LogP contribution < -0.4 is 0 Å². The summed E-state index contributed by atoms with van der Waals surface area (Å²) in [4.78, 5) is 18.7. The molecule has 2 heterocycles. The highest BCUT2D eigenvalue weighted by molar-refractivity contribution is 7.90. The van der Waals surface area contributed by atoms with Crippen LogP contribution in [-0.4, -0.2) is 27.3 Å². The van der Waals surface area contributed by atoms with Gasteiger partial charge in [0.05, 0.1) is 22.2 Å². The van der Waals surface area contributed by atoms with Crippen molar-refractivity contribution in [1.29, 1.82) is 0 Å². The SMILES string of the molecule is Cc1ccc(S(=O)(=O)n2cc(-c3ncc(F)cn3)c3cccc([N+](=O)[O-])c32)cc1. The molecule has 4 aromatic rings. The predicted octanol–water partition coefficient (Wildman–Crippen LogP) is 3.69. The molecule has 0 atom stereocenters. The summed E-state index contributed by atoms with van der Waals surface area (Å²) in [5.74, 6) is -0.606. The molecule has 29 heavy (non-hydrogen) atoms. The zero-order valence-electron chi connectivity index (χ0n) is 15.0. The largest absolute Gasteiger partial charge is 0.294 e. The number of aryl methyl sites for hydroxylation is 1. The van der Waals surface area contributed by atoms with Crippen LogP contribution >= 0.6 is 0 Å². The third-order valence-electron chi connectivity index (χ3n) is 4.41. The number of benzene rings is 2. The Morgan fingerprint density at radius 3 is 2.34 bits per heavy atom. The van der Waals surface area contributed by atoms with Crippen LogP contribution in [-0.2, 0) is 10.0 Å². The van der Waals surface area contributed by atoms with Gasteiger partial charge in [0, 0.05) is 23.2 Å². The Hall–Kier alpha value is -3.66. The van der Waals surface area contributed by atoms with Gasteiger partial charge in [0.25, 0.3) is 15.7 Å². The Kier molecular flexibility index (Phi) is 4.35. The number of fused-ring (bicyclic) bond motifs is 1. The van der Waals surface area contributed by atoms with Gasteiger partial charge >= 0.3 is 0 Å². The molecule has 8 nitrogen and oxygen atoms in total. The lowest BCUT2D eigenvalue weighted by atomic mass is 10.1. The fourth-order valence-corrected chi connectivity index (χ4v) is 4.41. The second-order valence-electron chi connectivity index (χ2n) is 6.31. The second-order valence-corrected chi connectivity index (χ2v) is 8.13. The Morgan fingerprint density at radius 1 is 1.07 bits per heavy atom. The molecule has 0 aliphatic carbocycles. The number of nitro groups is 1. The van der Waals surface area contributed by atoms with Crippen LogP contribution in [0.2, 0.25) is 0 Å². The fourth-order valence-electron chi connectivity index (χ4n) is 3.02. The Morgan fingerprint density at radius 2 is 1.72 bits per heavy atom. The fraction of sp³-hybridized carbons (Fsp3) is 0.0526. The summed E-state index contributed by atoms with van der Waals surface area (Å²) in [5.41, 5.74) is 0.611. The van der Waals surface area contributed by atoms with Crippen molar-refractivity contribution in [2.45, 2.75) is 11.8 Å². The number of rotatable bonds is 4. The van der Waals surface area contributed by atoms with Gasteiger partial charge in [0.15, 0.2) is 11.6 Å². The highest BCUT2D eigenvalue weighted by atomic mass is 32.2. The van der Waals surface area contributed by atoms with E-state index < -0.39 is 20.8 Å². The average Bonchev–Trinajstić information content (AvgIpc) is 3.09. The molecule has 0 unspecified atom stereocenters. The molecule has 0 amide bonds. The number of nitro benzene ring substituents is 1. The molecular formula is C19H13FN4O4S. The zero-order valence-corrected chi connectivity index (χ0v) is 15.8. The summed E-state index contributed by atoms with van der Waals surface area (Å²) in [5, 5.41) is 11.8. The minimum absolute atomic E-state index is 0.0234. The summed E-state index contributed by atoms with van der Waals surface area (Å²) in [6, 6.07) is 10.3. The van der Waals surface area contributed by atoms with Crippen molar-refractivity contribution < 1.29 is 17.7 Å². The van der Waals surface area contributed by atoms with Crippen LogP contribution in [0, 0.1) is 22.9 Å². The van der Waals surface area contributed by atoms with E-state index >= 15 is 0 Å². The quantitative estimate of drug-likeness (QED) is 0.374. The van der Waals surface area contributed by atoms with E-state index in [1.807, 2.05) is 6.92 Å². The standard InChI is InChI=1S/C19H13FN4O4S/c1-12-5-7-14(8-6-12)29(27,28)23-11-16(19-21-9-13(20)10-22-19)15-3-2-4-17(18(15)23)24(25)26/h2-11H,1H3. The van der Waals surface area contributed by atoms with Crippen molar-refractivity contribution >= 4 is 26.6 Å². The van der Waals surface area contributed by atoms with E-state index in [1.54, 1.807) is 12.1 Å². The number of nitrogens with zero attached hydrogens (tertiary/aromatic N) is 4. The smallest absolute Gasteiger partial charge is 0.258 e. The Labute approximate surface area is 164 Å². The predicted molar refractivity (Wildman–Crippen MR) is 103 cm³/mol. The van der Waals surface area contributed by atoms with Gasteiger partial charge in [0.2, 0.25) is 0 Å². The molecule has 2 aromatic carbocycles. The van der Waals surface area contributed by atoms with Crippen molar-refractivity contribution in [1.82, 2.24) is 13.9 Å². The number of para-hydroxylation sites is 1. The van der Waals surface area contributed by atoms with Gasteiger partial charge in [-0.2, -0.15) is 0 Å². The highest BCUT2D eigenvalue weighted by Crippen LogP contribution is 2.36. The molecule has 0 aliphatic heterocycles. The minimum Gasteiger partial charge on any atom is -0.258 e. The van der Waals surface area contributed by atoms with Gasteiger partial charge in [-0.3, -0.25) is 10.1 Å². The lowest BCUT2D eigenvalue weighted by molar-refractivity contribution is -0.383. The van der Waals surface area contributed by atoms with Gasteiger partial charge in [0.1, 0.15) is 5.52 Å². The number of non-ortho nitro benzene ring substituents is 1. The lowest BCUT2D eigenvalue weighted by Crippen LogP contribution is -2.12. The van der Waals surface area contributed by atoms with Gasteiger partial charge in [-0.05, 0) is 19.1 Å². The molecule has 0 aliphatic rings. The first kappa shape index (κ1) is 18.7. The minimum atomic E-state index is -4.15. The molecule has 0 saturated heterocycles. The summed E-state index contributed by atoms with van der Waals surface area (Å²) in [6.45, 7) is 1.82. The monoisotopic (exact) mass is 412 g/mol. The summed E-state index contributed by atoms with van der Waals surface area (Å²) in [7, 11) is -4.15. The van der Waals surface area contributed by atoms with Crippen LogP contribution in [0.5, 0.6) is 0 Å². The average molecular weight is 412 g/mol. The Bertz CT molecular complexity index is 1350. The molecule has 0 spiro atoms. The molecule has 10 heteroatoms. The zero-order chi connectivity index (χ0) is 20.8. The van der Waals surface area contributed by atoms with Crippen molar-refractivity contribution in [3.8, 4) is 11.4 Å². The lowest BCUT2D eigenvalue weighted by Gasteiger charge is -2.08. The van der Waals surface area contributed by atoms with Gasteiger partial charge < -0.3 is 0 Å². The third-order valence-corrected chi connectivity index (χ3v) is 6.08. The summed E-state index contributed by atoms with van der Waals surface area (Å²) < 4.78 is 40.6. The van der Waals surface area contributed by atoms with Gasteiger partial charge in [-0.1, -0.05) is 29.8 Å². The van der Waals surface area contributed by atoms with Crippen LogP contribution in [0.25, 0.3) is 22.3 Å². The summed E-state index contributed by atoms with van der Waals surface area (Å²) in [6.07, 6.45) is 3.11. The maximum atomic E-state index is 13.3. The molecule has 0 radical (unpaired) electrons. The van der Waals surface area contributed by atoms with Crippen LogP contribution in [0.3, 0.4) is 0 Å². The van der Waals surface area contributed by atoms with E-state index in [-0.39, 0.29) is 32.9 Å². The molecule has 0 bridgehead atoms. The van der Waals surface area contributed by atoms with E-state index in [9.17, 15) is 22.9 Å². The molecule has 4 rings (SSSR count). The molecule has 0 fully saturated rings. The van der Waals surface area contributed by atoms with Crippen molar-refractivity contribution in [3.63, 3.8) is 0 Å². The molecule has 0 saturated carbocycles. The van der Waals surface area contributed by atoms with Gasteiger partial charge in [-0.25, -0.2) is 26.7 Å². The normalized spacial score (nSPS) is 11.7. The van der Waals surface area contributed by atoms with E-state index in [0.29, 0.717) is 0 Å². The van der Waals surface area contributed by atoms with Crippen LogP contribution in [0.15, 0.2) is 66.0 Å². The van der Waals surface area contributed by atoms with E-state index in [2.05, 4.69) is 9.97 Å². The molecule has 2 aromatic heterocycles. The maximum Gasteiger partial charge on any atom is 0.294 e. The van der Waals surface area contributed by atoms with Crippen molar-refractivity contribution in [2.24, 2.45) is 0 Å². The van der Waals surface area contributed by atoms with E-state index in [0.717, 1.165) is 21.9 Å². The number of hydrogen-bond acceptors (Lipinski definition) is 6. The molecule has 0 N–H and O–H groups in total. The van der Waals surface area contributed by atoms with Gasteiger partial charge in [-0.15, -0.1) is 0 Å². The van der Waals surface area contributed by atoms with Crippen LogP contribution in [0.1, 0.15) is 5.56 Å². The van der Waals surface area contributed by atoms with Crippen molar-refractivity contribution in [2.75, 3.05) is 0 Å². The van der Waals surface area contributed by atoms with E-state index in [4.69, 9.17) is 0 Å². The van der Waals surface area contributed by atoms with Crippen LogP contribution in [0.4, 0.5) is 10.1 Å². The van der Waals surface area contributed by atoms with E-state index in [1.165, 1.54) is 36.5 Å². The Balaban J connectivity index is 2.07. The number of hydrogen-bond donors (Lipinski definition) is 0. The first-order valence-corrected chi connectivity index (χ1v) is 9.81. The van der Waals surface area contributed by atoms with Crippen molar-refractivity contribution in [3.05, 3.63) is 82.6 Å². The first-order chi connectivity index (χ1) is 13.8. The highest BCUT2D eigenvalue weighted by Gasteiger charge is 2.28. The topological polar surface area (TPSA) is 108 Å². The maximum absolute atomic E-state index is 13.3.